The monoisotopic (exact) mass is 434 g/mol. The molecule has 8 nitrogen and oxygen atoms in total. The van der Waals surface area contributed by atoms with Crippen LogP contribution in [0.25, 0.3) is 10.2 Å². The van der Waals surface area contributed by atoms with Gasteiger partial charge in [-0.1, -0.05) is 29.5 Å². The Morgan fingerprint density at radius 1 is 1.19 bits per heavy atom. The van der Waals surface area contributed by atoms with E-state index in [4.69, 9.17) is 4.74 Å². The van der Waals surface area contributed by atoms with Crippen molar-refractivity contribution in [3.63, 3.8) is 0 Å². The second-order valence-electron chi connectivity index (χ2n) is 6.59. The lowest BCUT2D eigenvalue weighted by atomic mass is 10.1. The number of aromatic nitrogens is 2. The lowest BCUT2D eigenvalue weighted by Crippen LogP contribution is -2.30. The first kappa shape index (κ1) is 20.4. The third kappa shape index (κ3) is 4.36. The molecule has 4 rings (SSSR count). The highest BCUT2D eigenvalue weighted by Crippen LogP contribution is 2.35. The molecule has 1 amide bonds. The zero-order valence-corrected chi connectivity index (χ0v) is 17.4. The summed E-state index contributed by atoms with van der Waals surface area (Å²) in [4.78, 5) is 34.4. The van der Waals surface area contributed by atoms with Crippen LogP contribution < -0.4 is 9.64 Å². The Hall–Kier alpha value is -3.85. The number of benzene rings is 2. The summed E-state index contributed by atoms with van der Waals surface area (Å²) in [5.74, 6) is 0.260. The predicted octanol–water partition coefficient (Wildman–Crippen LogP) is 4.85. The van der Waals surface area contributed by atoms with Crippen LogP contribution in [0.2, 0.25) is 0 Å². The van der Waals surface area contributed by atoms with Gasteiger partial charge >= 0.3 is 0 Å². The van der Waals surface area contributed by atoms with Crippen LogP contribution in [-0.2, 0) is 6.54 Å². The van der Waals surface area contributed by atoms with Crippen molar-refractivity contribution in [3.8, 4) is 5.75 Å². The van der Waals surface area contributed by atoms with Gasteiger partial charge in [0, 0.05) is 30.1 Å². The molecule has 0 atom stereocenters. The number of carbonyl (C=O) groups excluding carboxylic acids is 1. The molecule has 0 spiro atoms. The van der Waals surface area contributed by atoms with Crippen molar-refractivity contribution >= 4 is 38.3 Å². The number of carbonyl (C=O) groups is 1. The first-order chi connectivity index (χ1) is 15.1. The third-order valence-electron chi connectivity index (χ3n) is 4.51. The minimum Gasteiger partial charge on any atom is -0.492 e. The predicted molar refractivity (Wildman–Crippen MR) is 119 cm³/mol. The number of hydrogen-bond acceptors (Lipinski definition) is 7. The SMILES string of the molecule is CCOc1cccc2sc(N(Cc3cccnc3)C(=O)c3cccc([N+](=O)[O-])c3)nc12. The molecule has 0 aliphatic heterocycles. The van der Waals surface area contributed by atoms with Crippen LogP contribution in [0.4, 0.5) is 10.8 Å². The number of thiazole rings is 1. The van der Waals surface area contributed by atoms with Crippen LogP contribution >= 0.6 is 11.3 Å². The van der Waals surface area contributed by atoms with E-state index < -0.39 is 4.92 Å². The number of fused-ring (bicyclic) bond motifs is 1. The van der Waals surface area contributed by atoms with Gasteiger partial charge in [-0.05, 0) is 36.8 Å². The average Bonchev–Trinajstić information content (AvgIpc) is 3.23. The molecular weight excluding hydrogens is 416 g/mol. The summed E-state index contributed by atoms with van der Waals surface area (Å²) in [7, 11) is 0. The van der Waals surface area contributed by atoms with Gasteiger partial charge in [-0.25, -0.2) is 4.98 Å². The summed E-state index contributed by atoms with van der Waals surface area (Å²) in [6, 6.07) is 15.0. The van der Waals surface area contributed by atoms with E-state index in [0.717, 1.165) is 10.3 Å². The smallest absolute Gasteiger partial charge is 0.270 e. The van der Waals surface area contributed by atoms with Gasteiger partial charge in [-0.2, -0.15) is 0 Å². The van der Waals surface area contributed by atoms with Gasteiger partial charge < -0.3 is 4.74 Å². The van der Waals surface area contributed by atoms with Crippen LogP contribution in [0.5, 0.6) is 5.75 Å². The van der Waals surface area contributed by atoms with E-state index in [0.29, 0.717) is 23.0 Å². The minimum absolute atomic E-state index is 0.143. The number of rotatable bonds is 7. The Labute approximate surface area is 181 Å². The van der Waals surface area contributed by atoms with Crippen molar-refractivity contribution in [1.29, 1.82) is 0 Å². The highest BCUT2D eigenvalue weighted by atomic mass is 32.1. The van der Waals surface area contributed by atoms with E-state index in [1.54, 1.807) is 24.5 Å². The van der Waals surface area contributed by atoms with Crippen LogP contribution in [-0.4, -0.2) is 27.4 Å². The number of non-ortho nitro benzene ring substituents is 1. The molecule has 0 unspecified atom stereocenters. The first-order valence-corrected chi connectivity index (χ1v) is 10.4. The van der Waals surface area contributed by atoms with E-state index in [9.17, 15) is 14.9 Å². The fraction of sp³-hybridized carbons (Fsp3) is 0.136. The van der Waals surface area contributed by atoms with Crippen molar-refractivity contribution < 1.29 is 14.5 Å². The molecule has 0 saturated carbocycles. The number of nitro groups is 1. The van der Waals surface area contributed by atoms with E-state index in [2.05, 4.69) is 9.97 Å². The molecule has 2 aromatic carbocycles. The second kappa shape index (κ2) is 8.88. The molecule has 0 aliphatic carbocycles. The standard InChI is InChI=1S/C22H18N4O4S/c1-2-30-18-9-4-10-19-20(18)24-22(31-19)25(14-15-6-5-11-23-13-15)21(27)16-7-3-8-17(12-16)26(28)29/h3-13H,2,14H2,1H3. The van der Waals surface area contributed by atoms with Gasteiger partial charge in [0.1, 0.15) is 11.3 Å². The molecule has 2 aromatic heterocycles. The van der Waals surface area contributed by atoms with Crippen molar-refractivity contribution in [2.45, 2.75) is 13.5 Å². The quantitative estimate of drug-likeness (QED) is 0.305. The molecule has 4 aromatic rings. The van der Waals surface area contributed by atoms with Crippen LogP contribution in [0.15, 0.2) is 67.0 Å². The largest absolute Gasteiger partial charge is 0.492 e. The van der Waals surface area contributed by atoms with E-state index in [-0.39, 0.29) is 23.7 Å². The van der Waals surface area contributed by atoms with Crippen molar-refractivity contribution in [3.05, 3.63) is 88.2 Å². The lowest BCUT2D eigenvalue weighted by molar-refractivity contribution is -0.384. The minimum atomic E-state index is -0.520. The normalized spacial score (nSPS) is 10.7. The highest BCUT2D eigenvalue weighted by Gasteiger charge is 2.24. The van der Waals surface area contributed by atoms with E-state index >= 15 is 0 Å². The van der Waals surface area contributed by atoms with Crippen LogP contribution in [0.3, 0.4) is 0 Å². The number of amides is 1. The van der Waals surface area contributed by atoms with Crippen molar-refractivity contribution in [2.75, 3.05) is 11.5 Å². The number of hydrogen-bond donors (Lipinski definition) is 0. The summed E-state index contributed by atoms with van der Waals surface area (Å²) in [5, 5.41) is 11.6. The Balaban J connectivity index is 1.79. The Bertz CT molecular complexity index is 1240. The zero-order chi connectivity index (χ0) is 21.8. The summed E-state index contributed by atoms with van der Waals surface area (Å²) in [6.45, 7) is 2.61. The zero-order valence-electron chi connectivity index (χ0n) is 16.6. The summed E-state index contributed by atoms with van der Waals surface area (Å²) >= 11 is 1.36. The van der Waals surface area contributed by atoms with Gasteiger partial charge in [-0.3, -0.25) is 24.8 Å². The number of ether oxygens (including phenoxy) is 1. The second-order valence-corrected chi connectivity index (χ2v) is 7.60. The van der Waals surface area contributed by atoms with E-state index in [1.807, 2.05) is 31.2 Å². The molecule has 0 aliphatic rings. The van der Waals surface area contributed by atoms with Gasteiger partial charge in [-0.15, -0.1) is 0 Å². The van der Waals surface area contributed by atoms with Gasteiger partial charge in [0.25, 0.3) is 11.6 Å². The van der Waals surface area contributed by atoms with Gasteiger partial charge in [0.2, 0.25) is 0 Å². The molecule has 0 radical (unpaired) electrons. The maximum Gasteiger partial charge on any atom is 0.270 e. The molecule has 156 valence electrons. The number of nitrogens with zero attached hydrogens (tertiary/aromatic N) is 4. The number of anilines is 1. The van der Waals surface area contributed by atoms with Crippen molar-refractivity contribution in [1.82, 2.24) is 9.97 Å². The molecule has 2 heterocycles. The molecule has 0 fully saturated rings. The topological polar surface area (TPSA) is 98.5 Å². The summed E-state index contributed by atoms with van der Waals surface area (Å²) in [5.41, 5.74) is 1.55. The Kier molecular flexibility index (Phi) is 5.85. The number of para-hydroxylation sites is 1. The van der Waals surface area contributed by atoms with E-state index in [1.165, 1.54) is 34.4 Å². The fourth-order valence-corrected chi connectivity index (χ4v) is 4.09. The molecule has 0 bridgehead atoms. The van der Waals surface area contributed by atoms with Crippen molar-refractivity contribution in [2.24, 2.45) is 0 Å². The van der Waals surface area contributed by atoms with Crippen LogP contribution in [0, 0.1) is 10.1 Å². The van der Waals surface area contributed by atoms with Crippen LogP contribution in [0.1, 0.15) is 22.8 Å². The summed E-state index contributed by atoms with van der Waals surface area (Å²) < 4.78 is 6.55. The molecule has 0 saturated heterocycles. The highest BCUT2D eigenvalue weighted by molar-refractivity contribution is 7.22. The average molecular weight is 434 g/mol. The lowest BCUT2D eigenvalue weighted by Gasteiger charge is -2.20. The molecule has 0 N–H and O–H groups in total. The number of pyridine rings is 1. The maximum atomic E-state index is 13.4. The summed E-state index contributed by atoms with van der Waals surface area (Å²) in [6.07, 6.45) is 3.33. The van der Waals surface area contributed by atoms with Gasteiger partial charge in [0.15, 0.2) is 5.13 Å². The third-order valence-corrected chi connectivity index (χ3v) is 5.56. The molecule has 9 heteroatoms. The molecule has 31 heavy (non-hydrogen) atoms. The fourth-order valence-electron chi connectivity index (χ4n) is 3.11. The first-order valence-electron chi connectivity index (χ1n) is 9.54. The maximum absolute atomic E-state index is 13.4. The Morgan fingerprint density at radius 3 is 2.77 bits per heavy atom. The number of nitro benzene ring substituents is 1. The molecular formula is C22H18N4O4S. The Morgan fingerprint density at radius 2 is 2.03 bits per heavy atom. The van der Waals surface area contributed by atoms with Gasteiger partial charge in [0.05, 0.1) is 22.8 Å².